The van der Waals surface area contributed by atoms with Crippen molar-refractivity contribution in [2.75, 3.05) is 6.54 Å². The van der Waals surface area contributed by atoms with Gasteiger partial charge in [0.1, 0.15) is 17.2 Å². The number of fused-ring (bicyclic) bond motifs is 1. The lowest BCUT2D eigenvalue weighted by Gasteiger charge is -2.18. The van der Waals surface area contributed by atoms with Crippen molar-refractivity contribution in [2.45, 2.75) is 19.0 Å². The molecule has 2 aromatic rings. The predicted molar refractivity (Wildman–Crippen MR) is 58.3 cm³/mol. The molecule has 1 aromatic heterocycles. The molecule has 2 rings (SSSR count). The minimum atomic E-state index is -1.67. The van der Waals surface area contributed by atoms with E-state index in [1.165, 1.54) is 24.3 Å². The number of halogens is 2. The van der Waals surface area contributed by atoms with Gasteiger partial charge in [0.15, 0.2) is 5.67 Å². The van der Waals surface area contributed by atoms with Crippen LogP contribution < -0.4 is 5.73 Å². The number of hydrogen-bond donors (Lipinski definition) is 1. The molecule has 2 N–H and O–H groups in total. The van der Waals surface area contributed by atoms with Gasteiger partial charge < -0.3 is 10.2 Å². The Labute approximate surface area is 92.0 Å². The maximum atomic E-state index is 14.2. The maximum absolute atomic E-state index is 14.2. The van der Waals surface area contributed by atoms with Crippen molar-refractivity contribution < 1.29 is 13.2 Å². The fourth-order valence-corrected chi connectivity index (χ4v) is 1.65. The van der Waals surface area contributed by atoms with Crippen LogP contribution in [0.2, 0.25) is 0 Å². The molecule has 4 heteroatoms. The molecular weight excluding hydrogens is 212 g/mol. The SMILES string of the molecule is CCC(F)(CN)c1cc2cc(F)ccc2o1. The number of hydrogen-bond acceptors (Lipinski definition) is 2. The van der Waals surface area contributed by atoms with Crippen LogP contribution in [0.25, 0.3) is 11.0 Å². The Balaban J connectivity index is 2.54. The lowest BCUT2D eigenvalue weighted by Crippen LogP contribution is -2.28. The first-order valence-corrected chi connectivity index (χ1v) is 5.17. The van der Waals surface area contributed by atoms with E-state index in [2.05, 4.69) is 0 Å². The highest BCUT2D eigenvalue weighted by Gasteiger charge is 2.32. The molecule has 0 amide bonds. The zero-order valence-electron chi connectivity index (χ0n) is 8.97. The van der Waals surface area contributed by atoms with Crippen LogP contribution >= 0.6 is 0 Å². The average molecular weight is 225 g/mol. The van der Waals surface area contributed by atoms with Gasteiger partial charge in [-0.2, -0.15) is 0 Å². The smallest absolute Gasteiger partial charge is 0.180 e. The van der Waals surface area contributed by atoms with E-state index >= 15 is 0 Å². The van der Waals surface area contributed by atoms with Crippen molar-refractivity contribution in [3.63, 3.8) is 0 Å². The number of benzene rings is 1. The number of alkyl halides is 1. The highest BCUT2D eigenvalue weighted by Crippen LogP contribution is 2.33. The highest BCUT2D eigenvalue weighted by molar-refractivity contribution is 5.78. The van der Waals surface area contributed by atoms with Gasteiger partial charge in [0, 0.05) is 11.9 Å². The molecule has 86 valence electrons. The van der Waals surface area contributed by atoms with E-state index in [1.807, 2.05) is 0 Å². The minimum Gasteiger partial charge on any atom is -0.458 e. The zero-order chi connectivity index (χ0) is 11.8. The van der Waals surface area contributed by atoms with Crippen LogP contribution in [0.3, 0.4) is 0 Å². The number of nitrogens with two attached hydrogens (primary N) is 1. The second kappa shape index (κ2) is 3.87. The maximum Gasteiger partial charge on any atom is 0.180 e. The highest BCUT2D eigenvalue weighted by atomic mass is 19.1. The Morgan fingerprint density at radius 3 is 2.75 bits per heavy atom. The molecule has 0 saturated heterocycles. The summed E-state index contributed by atoms with van der Waals surface area (Å²) in [5.74, 6) is -0.202. The molecule has 1 unspecified atom stereocenters. The Morgan fingerprint density at radius 2 is 2.12 bits per heavy atom. The van der Waals surface area contributed by atoms with Crippen LogP contribution in [0.1, 0.15) is 19.1 Å². The van der Waals surface area contributed by atoms with Crippen molar-refractivity contribution >= 4 is 11.0 Å². The van der Waals surface area contributed by atoms with E-state index in [0.29, 0.717) is 11.0 Å². The Kier molecular flexibility index (Phi) is 2.68. The van der Waals surface area contributed by atoms with E-state index in [9.17, 15) is 8.78 Å². The summed E-state index contributed by atoms with van der Waals surface area (Å²) >= 11 is 0. The molecule has 16 heavy (non-hydrogen) atoms. The van der Waals surface area contributed by atoms with E-state index in [-0.39, 0.29) is 24.5 Å². The number of furan rings is 1. The van der Waals surface area contributed by atoms with Gasteiger partial charge >= 0.3 is 0 Å². The largest absolute Gasteiger partial charge is 0.458 e. The summed E-state index contributed by atoms with van der Waals surface area (Å²) in [6, 6.07) is 5.59. The first-order chi connectivity index (χ1) is 7.59. The molecule has 0 aliphatic rings. The van der Waals surface area contributed by atoms with Gasteiger partial charge in [-0.3, -0.25) is 0 Å². The van der Waals surface area contributed by atoms with E-state index in [0.717, 1.165) is 0 Å². The fourth-order valence-electron chi connectivity index (χ4n) is 1.65. The summed E-state index contributed by atoms with van der Waals surface area (Å²) in [7, 11) is 0. The normalized spacial score (nSPS) is 15.2. The second-order valence-corrected chi connectivity index (χ2v) is 3.82. The Bertz CT molecular complexity index is 503. The summed E-state index contributed by atoms with van der Waals surface area (Å²) in [5, 5.41) is 0.555. The predicted octanol–water partition coefficient (Wildman–Crippen LogP) is 3.11. The quantitative estimate of drug-likeness (QED) is 0.871. The van der Waals surface area contributed by atoms with E-state index in [1.54, 1.807) is 6.92 Å². The van der Waals surface area contributed by atoms with Gasteiger partial charge in [0.25, 0.3) is 0 Å². The second-order valence-electron chi connectivity index (χ2n) is 3.82. The van der Waals surface area contributed by atoms with Crippen molar-refractivity contribution in [3.05, 3.63) is 35.8 Å². The molecule has 0 aliphatic carbocycles. The lowest BCUT2D eigenvalue weighted by molar-refractivity contribution is 0.136. The molecular formula is C12H13F2NO. The average Bonchev–Trinajstić information content (AvgIpc) is 2.71. The van der Waals surface area contributed by atoms with E-state index in [4.69, 9.17) is 10.2 Å². The minimum absolute atomic E-state index is 0.147. The summed E-state index contributed by atoms with van der Waals surface area (Å²) in [6.45, 7) is 1.55. The third kappa shape index (κ3) is 1.69. The van der Waals surface area contributed by atoms with Crippen LogP contribution in [-0.2, 0) is 5.67 Å². The van der Waals surface area contributed by atoms with Crippen LogP contribution in [-0.4, -0.2) is 6.54 Å². The van der Waals surface area contributed by atoms with Crippen LogP contribution in [0.4, 0.5) is 8.78 Å². The van der Waals surface area contributed by atoms with E-state index < -0.39 is 5.67 Å². The van der Waals surface area contributed by atoms with Crippen LogP contribution in [0, 0.1) is 5.82 Å². The van der Waals surface area contributed by atoms with Crippen LogP contribution in [0.5, 0.6) is 0 Å². The molecule has 0 saturated carbocycles. The first kappa shape index (κ1) is 11.1. The monoisotopic (exact) mass is 225 g/mol. The fraction of sp³-hybridized carbons (Fsp3) is 0.333. The third-order valence-electron chi connectivity index (χ3n) is 2.80. The molecule has 0 bridgehead atoms. The van der Waals surface area contributed by atoms with Gasteiger partial charge in [-0.15, -0.1) is 0 Å². The molecule has 0 fully saturated rings. The molecule has 0 spiro atoms. The topological polar surface area (TPSA) is 39.2 Å². The van der Waals surface area contributed by atoms with Crippen molar-refractivity contribution in [2.24, 2.45) is 5.73 Å². The molecule has 1 aromatic carbocycles. The zero-order valence-corrected chi connectivity index (χ0v) is 8.97. The first-order valence-electron chi connectivity index (χ1n) is 5.17. The van der Waals surface area contributed by atoms with Gasteiger partial charge in [-0.05, 0) is 30.7 Å². The lowest BCUT2D eigenvalue weighted by atomic mass is 10.00. The molecule has 2 nitrogen and oxygen atoms in total. The Hall–Kier alpha value is -1.42. The van der Waals surface area contributed by atoms with Crippen molar-refractivity contribution in [1.82, 2.24) is 0 Å². The van der Waals surface area contributed by atoms with Gasteiger partial charge in [-0.25, -0.2) is 8.78 Å². The summed E-state index contributed by atoms with van der Waals surface area (Å²) in [4.78, 5) is 0. The molecule has 0 aliphatic heterocycles. The molecule has 0 radical (unpaired) electrons. The molecule has 1 atom stereocenters. The Morgan fingerprint density at radius 1 is 1.38 bits per heavy atom. The summed E-state index contributed by atoms with van der Waals surface area (Å²) in [6.07, 6.45) is 0.228. The third-order valence-corrected chi connectivity index (χ3v) is 2.80. The van der Waals surface area contributed by atoms with Crippen molar-refractivity contribution in [3.8, 4) is 0 Å². The van der Waals surface area contributed by atoms with Crippen LogP contribution in [0.15, 0.2) is 28.7 Å². The van der Waals surface area contributed by atoms with Crippen molar-refractivity contribution in [1.29, 1.82) is 0 Å². The van der Waals surface area contributed by atoms with Gasteiger partial charge in [0.05, 0.1) is 0 Å². The summed E-state index contributed by atoms with van der Waals surface area (Å²) in [5.41, 5.74) is 4.19. The summed E-state index contributed by atoms with van der Waals surface area (Å²) < 4.78 is 32.5. The van der Waals surface area contributed by atoms with Gasteiger partial charge in [0.2, 0.25) is 0 Å². The molecule has 1 heterocycles. The number of rotatable bonds is 3. The van der Waals surface area contributed by atoms with Gasteiger partial charge in [-0.1, -0.05) is 6.92 Å². The standard InChI is InChI=1S/C12H13F2NO/c1-2-12(14,7-15)11-6-8-5-9(13)3-4-10(8)16-11/h3-6H,2,7,15H2,1H3.